The summed E-state index contributed by atoms with van der Waals surface area (Å²) in [6.45, 7) is 2.97. The van der Waals surface area contributed by atoms with Crippen molar-refractivity contribution in [2.45, 2.75) is 32.0 Å². The van der Waals surface area contributed by atoms with Crippen LogP contribution in [0, 0.1) is 11.8 Å². The third-order valence-electron chi connectivity index (χ3n) is 4.83. The van der Waals surface area contributed by atoms with E-state index in [2.05, 4.69) is 10.3 Å². The minimum Gasteiger partial charge on any atom is -0.381 e. The number of rotatable bonds is 4. The second-order valence-electron chi connectivity index (χ2n) is 6.89. The Morgan fingerprint density at radius 2 is 2.24 bits per heavy atom. The summed E-state index contributed by atoms with van der Waals surface area (Å²) in [7, 11) is 1.71. The molecule has 1 aromatic rings. The van der Waals surface area contributed by atoms with Crippen molar-refractivity contribution in [3.05, 3.63) is 17.7 Å². The van der Waals surface area contributed by atoms with Crippen LogP contribution in [0.1, 0.15) is 24.4 Å². The Morgan fingerprint density at radius 3 is 2.92 bits per heavy atom. The minimum absolute atomic E-state index is 0.119. The van der Waals surface area contributed by atoms with Crippen LogP contribution in [-0.2, 0) is 23.9 Å². The van der Waals surface area contributed by atoms with Crippen LogP contribution in [0.4, 0.5) is 18.0 Å². The zero-order valence-corrected chi connectivity index (χ0v) is 14.2. The molecule has 0 radical (unpaired) electrons. The molecule has 0 bridgehead atoms. The van der Waals surface area contributed by atoms with Crippen molar-refractivity contribution >= 4 is 6.03 Å². The largest absolute Gasteiger partial charge is 0.434 e. The number of hydrogen-bond acceptors (Lipinski definition) is 3. The molecule has 6 nitrogen and oxygen atoms in total. The first-order chi connectivity index (χ1) is 11.8. The molecule has 3 heterocycles. The van der Waals surface area contributed by atoms with Crippen LogP contribution in [0.3, 0.4) is 0 Å². The van der Waals surface area contributed by atoms with E-state index in [1.54, 1.807) is 16.5 Å². The highest BCUT2D eigenvalue weighted by atomic mass is 19.4. The fourth-order valence-corrected chi connectivity index (χ4v) is 3.38. The van der Waals surface area contributed by atoms with E-state index in [0.717, 1.165) is 25.6 Å². The molecule has 0 spiro atoms. The SMILES string of the molecule is CN(C[C@@H]1CCc2nc(C(F)(F)F)cn2C1)C(=O)NC[C@H]1CCOC1. The van der Waals surface area contributed by atoms with E-state index in [-0.39, 0.29) is 11.9 Å². The van der Waals surface area contributed by atoms with Gasteiger partial charge in [0, 0.05) is 51.8 Å². The average Bonchev–Trinajstić information content (AvgIpc) is 3.20. The first-order valence-corrected chi connectivity index (χ1v) is 8.53. The number of aryl methyl sites for hydroxylation is 1. The third-order valence-corrected chi connectivity index (χ3v) is 4.83. The lowest BCUT2D eigenvalue weighted by Crippen LogP contribution is -2.43. The molecular formula is C16H23F3N4O2. The number of ether oxygens (including phenoxy) is 1. The Kier molecular flexibility index (Phi) is 5.21. The Labute approximate surface area is 144 Å². The normalized spacial score (nSPS) is 23.4. The highest BCUT2D eigenvalue weighted by molar-refractivity contribution is 5.73. The summed E-state index contributed by atoms with van der Waals surface area (Å²) in [6, 6.07) is -0.153. The Hall–Kier alpha value is -1.77. The molecule has 1 aromatic heterocycles. The van der Waals surface area contributed by atoms with Gasteiger partial charge in [0.2, 0.25) is 0 Å². The van der Waals surface area contributed by atoms with Crippen molar-refractivity contribution in [1.82, 2.24) is 19.8 Å². The van der Waals surface area contributed by atoms with E-state index in [9.17, 15) is 18.0 Å². The second-order valence-corrected chi connectivity index (χ2v) is 6.89. The standard InChI is InChI=1S/C16H23F3N4O2/c1-22(15(24)20-6-11-4-5-25-10-11)7-12-2-3-14-21-13(16(17,18)19)9-23(14)8-12/h9,11-12H,2-8,10H2,1H3,(H,20,24)/t11-,12+/m1/s1. The van der Waals surface area contributed by atoms with E-state index in [4.69, 9.17) is 4.74 Å². The molecule has 2 amide bonds. The number of fused-ring (bicyclic) bond motifs is 1. The number of aromatic nitrogens is 2. The van der Waals surface area contributed by atoms with E-state index in [1.807, 2.05) is 0 Å². The molecule has 0 aromatic carbocycles. The number of halogens is 3. The van der Waals surface area contributed by atoms with Gasteiger partial charge in [-0.05, 0) is 18.8 Å². The molecule has 9 heteroatoms. The molecule has 1 fully saturated rings. The van der Waals surface area contributed by atoms with Gasteiger partial charge in [-0.25, -0.2) is 9.78 Å². The van der Waals surface area contributed by atoms with Crippen LogP contribution < -0.4 is 5.32 Å². The molecule has 25 heavy (non-hydrogen) atoms. The summed E-state index contributed by atoms with van der Waals surface area (Å²) in [4.78, 5) is 17.4. The molecule has 2 aliphatic rings. The zero-order valence-electron chi connectivity index (χ0n) is 14.2. The lowest BCUT2D eigenvalue weighted by Gasteiger charge is -2.28. The molecule has 1 saturated heterocycles. The maximum Gasteiger partial charge on any atom is 0.434 e. The first kappa shape index (κ1) is 18.0. The second kappa shape index (κ2) is 7.23. The highest BCUT2D eigenvalue weighted by Crippen LogP contribution is 2.30. The number of amides is 2. The van der Waals surface area contributed by atoms with Gasteiger partial charge in [-0.15, -0.1) is 0 Å². The summed E-state index contributed by atoms with van der Waals surface area (Å²) in [5, 5.41) is 2.90. The highest BCUT2D eigenvalue weighted by Gasteiger charge is 2.36. The molecule has 0 saturated carbocycles. The molecule has 2 aliphatic heterocycles. The van der Waals surface area contributed by atoms with Crippen molar-refractivity contribution in [2.24, 2.45) is 11.8 Å². The van der Waals surface area contributed by atoms with Crippen molar-refractivity contribution in [2.75, 3.05) is 33.4 Å². The van der Waals surface area contributed by atoms with Gasteiger partial charge < -0.3 is 19.5 Å². The number of carbonyl (C=O) groups is 1. The topological polar surface area (TPSA) is 59.4 Å². The van der Waals surface area contributed by atoms with Gasteiger partial charge in [0.15, 0.2) is 5.69 Å². The first-order valence-electron chi connectivity index (χ1n) is 8.53. The number of nitrogens with zero attached hydrogens (tertiary/aromatic N) is 3. The van der Waals surface area contributed by atoms with Gasteiger partial charge in [-0.3, -0.25) is 0 Å². The number of alkyl halides is 3. The van der Waals surface area contributed by atoms with Gasteiger partial charge in [0.25, 0.3) is 0 Å². The molecule has 0 unspecified atom stereocenters. The van der Waals surface area contributed by atoms with E-state index >= 15 is 0 Å². The van der Waals surface area contributed by atoms with Crippen LogP contribution in [0.15, 0.2) is 6.20 Å². The van der Waals surface area contributed by atoms with Gasteiger partial charge in [0.1, 0.15) is 5.82 Å². The van der Waals surface area contributed by atoms with E-state index in [0.29, 0.717) is 44.4 Å². The predicted octanol–water partition coefficient (Wildman–Crippen LogP) is 2.14. The zero-order chi connectivity index (χ0) is 18.0. The Morgan fingerprint density at radius 1 is 1.44 bits per heavy atom. The fourth-order valence-electron chi connectivity index (χ4n) is 3.38. The third kappa shape index (κ3) is 4.45. The summed E-state index contributed by atoms with van der Waals surface area (Å²) in [5.74, 6) is 0.951. The monoisotopic (exact) mass is 360 g/mol. The van der Waals surface area contributed by atoms with Gasteiger partial charge >= 0.3 is 12.2 Å². The number of nitrogens with one attached hydrogen (secondary N) is 1. The fraction of sp³-hybridized carbons (Fsp3) is 0.750. The van der Waals surface area contributed by atoms with Gasteiger partial charge in [-0.1, -0.05) is 0 Å². The maximum absolute atomic E-state index is 12.8. The molecule has 1 N–H and O–H groups in total. The van der Waals surface area contributed by atoms with E-state index < -0.39 is 11.9 Å². The van der Waals surface area contributed by atoms with Gasteiger partial charge in [0.05, 0.1) is 6.61 Å². The summed E-state index contributed by atoms with van der Waals surface area (Å²) in [5.41, 5.74) is -0.840. The van der Waals surface area contributed by atoms with Crippen LogP contribution in [-0.4, -0.2) is 53.8 Å². The van der Waals surface area contributed by atoms with Crippen molar-refractivity contribution < 1.29 is 22.7 Å². The quantitative estimate of drug-likeness (QED) is 0.895. The molecule has 2 atom stereocenters. The number of hydrogen-bond donors (Lipinski definition) is 1. The van der Waals surface area contributed by atoms with Crippen LogP contribution in [0.5, 0.6) is 0 Å². The molecular weight excluding hydrogens is 337 g/mol. The number of carbonyl (C=O) groups excluding carboxylic acids is 1. The summed E-state index contributed by atoms with van der Waals surface area (Å²) < 4.78 is 45.1. The number of imidazole rings is 1. The number of urea groups is 1. The molecule has 140 valence electrons. The maximum atomic E-state index is 12.8. The van der Waals surface area contributed by atoms with Crippen LogP contribution in [0.25, 0.3) is 0 Å². The average molecular weight is 360 g/mol. The molecule has 3 rings (SSSR count). The Balaban J connectivity index is 1.50. The van der Waals surface area contributed by atoms with Gasteiger partial charge in [-0.2, -0.15) is 13.2 Å². The predicted molar refractivity (Wildman–Crippen MR) is 84.0 cm³/mol. The van der Waals surface area contributed by atoms with Crippen LogP contribution >= 0.6 is 0 Å². The summed E-state index contributed by atoms with van der Waals surface area (Å²) in [6.07, 6.45) is -1.17. The summed E-state index contributed by atoms with van der Waals surface area (Å²) >= 11 is 0. The van der Waals surface area contributed by atoms with Crippen LogP contribution in [0.2, 0.25) is 0 Å². The lowest BCUT2D eigenvalue weighted by molar-refractivity contribution is -0.141. The van der Waals surface area contributed by atoms with E-state index in [1.165, 1.54) is 0 Å². The van der Waals surface area contributed by atoms with Crippen molar-refractivity contribution in [3.8, 4) is 0 Å². The Bertz CT molecular complexity index is 611. The molecule has 0 aliphatic carbocycles. The smallest absolute Gasteiger partial charge is 0.381 e. The van der Waals surface area contributed by atoms with Crippen molar-refractivity contribution in [3.63, 3.8) is 0 Å². The van der Waals surface area contributed by atoms with Crippen molar-refractivity contribution in [1.29, 1.82) is 0 Å². The minimum atomic E-state index is -4.42. The lowest BCUT2D eigenvalue weighted by atomic mass is 9.99.